The van der Waals surface area contributed by atoms with E-state index >= 15 is 0 Å². The Balaban J connectivity index is 0.000000763. The van der Waals surface area contributed by atoms with Crippen LogP contribution in [0.3, 0.4) is 0 Å². The second-order valence-electron chi connectivity index (χ2n) is 7.68. The predicted molar refractivity (Wildman–Crippen MR) is 109 cm³/mol. The number of nitrogens with two attached hydrogens (primary N) is 2. The van der Waals surface area contributed by atoms with Gasteiger partial charge in [0, 0.05) is 0 Å². The number of hydrogen-bond donors (Lipinski definition) is 6. The van der Waals surface area contributed by atoms with Crippen molar-refractivity contribution in [1.29, 1.82) is 0 Å². The highest BCUT2D eigenvalue weighted by Gasteiger charge is 2.73. The second kappa shape index (κ2) is 10.7. The molecule has 20 heteroatoms. The summed E-state index contributed by atoms with van der Waals surface area (Å²) in [7, 11) is 0. The standard InChI is InChI=1S/C17H12F6N2O6.C3H2F6/c18-16(19,20)15(17(21,22)23,5-1-7(13(28)29)11(24)9(26)3-5)6-2-8(14(30)31)12(25)10(27)4-6;4-2(5,6)1-3(7,8)9/h1-4,26-27H,24-25H2,(H,28,29)(H,30,31);1H2. The molecular formula is C20H14F12N2O6. The van der Waals surface area contributed by atoms with Gasteiger partial charge in [0.2, 0.25) is 5.41 Å². The van der Waals surface area contributed by atoms with Gasteiger partial charge in [0.15, 0.2) is 0 Å². The van der Waals surface area contributed by atoms with Gasteiger partial charge in [0.05, 0.1) is 22.5 Å². The van der Waals surface area contributed by atoms with Crippen LogP contribution in [0.2, 0.25) is 0 Å². The van der Waals surface area contributed by atoms with Gasteiger partial charge in [-0.05, 0) is 35.4 Å². The molecule has 2 aromatic carbocycles. The van der Waals surface area contributed by atoms with Crippen LogP contribution in [0.4, 0.5) is 64.1 Å². The van der Waals surface area contributed by atoms with Crippen molar-refractivity contribution in [3.63, 3.8) is 0 Å². The molecule has 0 bridgehead atoms. The fourth-order valence-electron chi connectivity index (χ4n) is 3.27. The molecule has 0 aliphatic heterocycles. The third kappa shape index (κ3) is 7.03. The Hall–Kier alpha value is -4.26. The monoisotopic (exact) mass is 606 g/mol. The van der Waals surface area contributed by atoms with E-state index in [4.69, 9.17) is 21.7 Å². The summed E-state index contributed by atoms with van der Waals surface area (Å²) < 4.78 is 150. The van der Waals surface area contributed by atoms with Crippen molar-refractivity contribution >= 4 is 23.3 Å². The first kappa shape index (κ1) is 33.8. The first-order valence-electron chi connectivity index (χ1n) is 9.66. The minimum Gasteiger partial charge on any atom is -0.506 e. The first-order valence-corrected chi connectivity index (χ1v) is 9.66. The van der Waals surface area contributed by atoms with E-state index in [0.717, 1.165) is 0 Å². The van der Waals surface area contributed by atoms with Gasteiger partial charge in [-0.25, -0.2) is 9.59 Å². The van der Waals surface area contributed by atoms with Crippen LogP contribution >= 0.6 is 0 Å². The lowest BCUT2D eigenvalue weighted by molar-refractivity contribution is -0.288. The molecule has 8 N–H and O–H groups in total. The smallest absolute Gasteiger partial charge is 0.411 e. The average Bonchev–Trinajstić information content (AvgIpc) is 2.68. The third-order valence-electron chi connectivity index (χ3n) is 4.89. The van der Waals surface area contributed by atoms with Crippen LogP contribution < -0.4 is 11.5 Å². The highest BCUT2D eigenvalue weighted by atomic mass is 19.4. The number of hydrogen-bond acceptors (Lipinski definition) is 6. The fourth-order valence-corrected chi connectivity index (χ4v) is 3.27. The van der Waals surface area contributed by atoms with Crippen LogP contribution in [0.25, 0.3) is 0 Å². The lowest BCUT2D eigenvalue weighted by Crippen LogP contribution is -2.55. The van der Waals surface area contributed by atoms with Crippen LogP contribution in [-0.2, 0) is 5.41 Å². The third-order valence-corrected chi connectivity index (χ3v) is 4.89. The van der Waals surface area contributed by atoms with E-state index in [2.05, 4.69) is 0 Å². The number of anilines is 2. The zero-order chi connectivity index (χ0) is 31.8. The van der Waals surface area contributed by atoms with Gasteiger partial charge in [-0.15, -0.1) is 0 Å². The number of aromatic hydroxyl groups is 2. The molecule has 0 aliphatic rings. The van der Waals surface area contributed by atoms with Crippen molar-refractivity contribution < 1.29 is 82.7 Å². The van der Waals surface area contributed by atoms with E-state index in [0.29, 0.717) is 0 Å². The number of aromatic carboxylic acids is 2. The van der Waals surface area contributed by atoms with Gasteiger partial charge in [-0.1, -0.05) is 0 Å². The van der Waals surface area contributed by atoms with Gasteiger partial charge < -0.3 is 31.9 Å². The topological polar surface area (TPSA) is 167 Å². The molecule has 0 amide bonds. The number of rotatable bonds is 4. The van der Waals surface area contributed by atoms with E-state index < -0.39 is 93.6 Å². The van der Waals surface area contributed by atoms with Crippen LogP contribution in [0.15, 0.2) is 24.3 Å². The molecule has 0 saturated carbocycles. The molecule has 8 nitrogen and oxygen atoms in total. The molecule has 0 aliphatic carbocycles. The number of benzene rings is 2. The Kier molecular flexibility index (Phi) is 9.05. The maximum atomic E-state index is 14.1. The van der Waals surface area contributed by atoms with E-state index in [-0.39, 0.29) is 24.3 Å². The number of phenolic OH excluding ortho intramolecular Hbond substituents is 2. The Morgan fingerprint density at radius 2 is 0.875 bits per heavy atom. The predicted octanol–water partition coefficient (Wildman–Crippen LogP) is 5.57. The summed E-state index contributed by atoms with van der Waals surface area (Å²) in [6.45, 7) is 0. The van der Waals surface area contributed by atoms with Crippen molar-refractivity contribution in [3.8, 4) is 11.5 Å². The number of phenols is 2. The molecule has 0 heterocycles. The zero-order valence-corrected chi connectivity index (χ0v) is 18.8. The van der Waals surface area contributed by atoms with Crippen molar-refractivity contribution in [1.82, 2.24) is 0 Å². The van der Waals surface area contributed by atoms with Gasteiger partial charge in [0.25, 0.3) is 0 Å². The van der Waals surface area contributed by atoms with Crippen molar-refractivity contribution in [2.24, 2.45) is 0 Å². The molecule has 0 aromatic heterocycles. The summed E-state index contributed by atoms with van der Waals surface area (Å²) in [5.74, 6) is -6.88. The molecule has 0 atom stereocenters. The van der Waals surface area contributed by atoms with Gasteiger partial charge >= 0.3 is 36.6 Å². The number of alkyl halides is 12. The first-order chi connectivity index (χ1) is 17.7. The summed E-state index contributed by atoms with van der Waals surface area (Å²) in [5.41, 5.74) is -2.83. The number of carboxylic acid groups (broad SMARTS) is 2. The summed E-state index contributed by atoms with van der Waals surface area (Å²) in [6.07, 6.45) is -25.5. The maximum absolute atomic E-state index is 14.1. The van der Waals surface area contributed by atoms with Gasteiger partial charge in [0.1, 0.15) is 17.9 Å². The lowest BCUT2D eigenvalue weighted by atomic mass is 9.71. The maximum Gasteiger partial charge on any atom is 0.411 e. The molecule has 0 spiro atoms. The van der Waals surface area contributed by atoms with Crippen LogP contribution in [-0.4, -0.2) is 57.1 Å². The lowest BCUT2D eigenvalue weighted by Gasteiger charge is -2.38. The summed E-state index contributed by atoms with van der Waals surface area (Å²) >= 11 is 0. The molecular weight excluding hydrogens is 592 g/mol. The van der Waals surface area contributed by atoms with Crippen molar-refractivity contribution in [3.05, 3.63) is 46.5 Å². The molecule has 0 saturated heterocycles. The van der Waals surface area contributed by atoms with E-state index in [1.807, 2.05) is 0 Å². The highest BCUT2D eigenvalue weighted by molar-refractivity contribution is 5.96. The van der Waals surface area contributed by atoms with Crippen LogP contribution in [0.1, 0.15) is 38.3 Å². The van der Waals surface area contributed by atoms with Gasteiger partial charge in [-0.2, -0.15) is 52.7 Å². The quantitative estimate of drug-likeness (QED) is 0.149. The molecule has 2 aromatic rings. The number of carboxylic acids is 2. The largest absolute Gasteiger partial charge is 0.506 e. The van der Waals surface area contributed by atoms with Crippen LogP contribution in [0.5, 0.6) is 11.5 Å². The summed E-state index contributed by atoms with van der Waals surface area (Å²) in [6, 6.07) is -0.189. The SMILES string of the molecule is FC(F)(F)CC(F)(F)F.Nc1c(O)cc(C(c2cc(O)c(N)c(C(=O)O)c2)(C(F)(F)F)C(F)(F)F)cc1C(=O)O. The normalized spacial score (nSPS) is 12.9. The Bertz CT molecular complexity index is 1190. The molecule has 0 unspecified atom stereocenters. The summed E-state index contributed by atoms with van der Waals surface area (Å²) in [5, 5.41) is 37.6. The molecule has 2 rings (SSSR count). The second-order valence-corrected chi connectivity index (χ2v) is 7.68. The Morgan fingerprint density at radius 1 is 0.600 bits per heavy atom. The number of halogens is 12. The highest BCUT2D eigenvalue weighted by Crippen LogP contribution is 2.58. The van der Waals surface area contributed by atoms with Crippen molar-refractivity contribution in [2.75, 3.05) is 11.5 Å². The van der Waals surface area contributed by atoms with E-state index in [1.165, 1.54) is 0 Å². The zero-order valence-electron chi connectivity index (χ0n) is 18.8. The Labute approximate surface area is 213 Å². The minimum absolute atomic E-state index is 0.0450. The van der Waals surface area contributed by atoms with Gasteiger partial charge in [-0.3, -0.25) is 0 Å². The number of nitrogen functional groups attached to an aromatic ring is 2. The molecule has 0 radical (unpaired) electrons. The number of carbonyl (C=O) groups is 2. The molecule has 0 fully saturated rings. The van der Waals surface area contributed by atoms with Crippen LogP contribution in [0, 0.1) is 0 Å². The van der Waals surface area contributed by atoms with E-state index in [9.17, 15) is 72.5 Å². The summed E-state index contributed by atoms with van der Waals surface area (Å²) in [4.78, 5) is 22.5. The Morgan fingerprint density at radius 3 is 1.05 bits per heavy atom. The molecule has 40 heavy (non-hydrogen) atoms. The molecule has 224 valence electrons. The minimum atomic E-state index is -6.28. The van der Waals surface area contributed by atoms with Crippen molar-refractivity contribution in [2.45, 2.75) is 36.5 Å². The fraction of sp³-hybridized carbons (Fsp3) is 0.300. The van der Waals surface area contributed by atoms with E-state index in [1.54, 1.807) is 0 Å². The average molecular weight is 606 g/mol.